The number of hydrogen-bond acceptors (Lipinski definition) is 8. The first-order valence-electron chi connectivity index (χ1n) is 10.0. The third-order valence-electron chi connectivity index (χ3n) is 4.62. The minimum atomic E-state index is -1.38. The first-order valence-corrected chi connectivity index (χ1v) is 10.0. The number of alkyl carbamates (subject to hydrolysis) is 1. The molecule has 0 radical (unpaired) electrons. The van der Waals surface area contributed by atoms with E-state index in [1.165, 1.54) is 0 Å². The average Bonchev–Trinajstić information content (AvgIpc) is 3.11. The van der Waals surface area contributed by atoms with Crippen molar-refractivity contribution in [2.45, 2.75) is 44.4 Å². The van der Waals surface area contributed by atoms with Crippen LogP contribution in [0.5, 0.6) is 0 Å². The average molecular weight is 449 g/mol. The van der Waals surface area contributed by atoms with E-state index in [0.717, 1.165) is 6.42 Å². The maximum Gasteiger partial charge on any atom is 0.407 e. The van der Waals surface area contributed by atoms with E-state index in [9.17, 15) is 24.6 Å². The lowest BCUT2D eigenvalue weighted by atomic mass is 9.99. The normalized spacial score (nSPS) is 18.1. The number of nitrogens with one attached hydrogen (secondary N) is 3. The fourth-order valence-electron chi connectivity index (χ4n) is 2.77. The van der Waals surface area contributed by atoms with Crippen molar-refractivity contribution in [2.24, 2.45) is 10.9 Å². The van der Waals surface area contributed by atoms with Crippen molar-refractivity contribution < 1.29 is 34.2 Å². The first-order chi connectivity index (χ1) is 15.2. The monoisotopic (exact) mass is 449 g/mol. The molecular weight excluding hydrogens is 422 g/mol. The number of ether oxygens (including phenoxy) is 1. The van der Waals surface area contributed by atoms with Crippen LogP contribution in [0.2, 0.25) is 0 Å². The molecule has 0 spiro atoms. The summed E-state index contributed by atoms with van der Waals surface area (Å²) in [6.07, 6.45) is -1.86. The Morgan fingerprint density at radius 1 is 1.31 bits per heavy atom. The molecule has 2 rings (SSSR count). The third-order valence-corrected chi connectivity index (χ3v) is 4.62. The molecule has 174 valence electrons. The summed E-state index contributed by atoms with van der Waals surface area (Å²) in [5.41, 5.74) is 6.68. The molecule has 0 unspecified atom stereocenters. The van der Waals surface area contributed by atoms with Gasteiger partial charge in [0.25, 0.3) is 0 Å². The lowest BCUT2D eigenvalue weighted by Gasteiger charge is -2.17. The summed E-state index contributed by atoms with van der Waals surface area (Å²) in [7, 11) is 0. The van der Waals surface area contributed by atoms with E-state index in [-0.39, 0.29) is 31.1 Å². The number of oxime groups is 1. The second-order valence-electron chi connectivity index (χ2n) is 7.09. The number of carboxylic acid groups (broad SMARTS) is 1. The van der Waals surface area contributed by atoms with Gasteiger partial charge in [0.15, 0.2) is 6.10 Å². The lowest BCUT2D eigenvalue weighted by Crippen LogP contribution is -2.49. The van der Waals surface area contributed by atoms with Crippen LogP contribution in [-0.4, -0.2) is 71.1 Å². The standard InChI is InChI=1S/C20H27N5O7/c1-2-3-8-31-20(30)24-13(19(28)29)10-23-15(26)9-14-17(27)16(25-32-14)11-4-6-12(7-5-11)18(21)22/h4-7,13-14,17,27H,2-3,8-10H2,1H3,(H3,21,22)(H,23,26)(H,24,30)(H,28,29)/t13-,14-,17-/m0/s1. The number of rotatable bonds is 11. The number of hydrogen-bond donors (Lipinski definition) is 6. The Labute approximate surface area is 184 Å². The van der Waals surface area contributed by atoms with Crippen molar-refractivity contribution in [3.05, 3.63) is 35.4 Å². The summed E-state index contributed by atoms with van der Waals surface area (Å²) in [5, 5.41) is 35.5. The molecule has 0 bridgehead atoms. The summed E-state index contributed by atoms with van der Waals surface area (Å²) < 4.78 is 4.85. The minimum Gasteiger partial charge on any atom is -0.480 e. The van der Waals surface area contributed by atoms with Gasteiger partial charge in [0.1, 0.15) is 23.7 Å². The molecule has 1 aliphatic heterocycles. The van der Waals surface area contributed by atoms with Gasteiger partial charge in [0.2, 0.25) is 5.91 Å². The molecule has 0 aliphatic carbocycles. The minimum absolute atomic E-state index is 0.0976. The zero-order valence-electron chi connectivity index (χ0n) is 17.5. The smallest absolute Gasteiger partial charge is 0.407 e. The Kier molecular flexibility index (Phi) is 8.95. The number of benzene rings is 1. The van der Waals surface area contributed by atoms with Crippen molar-refractivity contribution in [3.8, 4) is 0 Å². The SMILES string of the molecule is CCCCOC(=O)N[C@@H](CNC(=O)C[C@@H]1ON=C(c2ccc(C(=N)N)cc2)[C@H]1O)C(=O)O. The molecule has 3 atom stereocenters. The van der Waals surface area contributed by atoms with Crippen LogP contribution in [0.25, 0.3) is 0 Å². The number of aliphatic hydroxyl groups is 1. The Morgan fingerprint density at radius 3 is 2.59 bits per heavy atom. The number of nitrogen functional groups attached to an aromatic ring is 1. The fraction of sp³-hybridized carbons (Fsp3) is 0.450. The zero-order valence-corrected chi connectivity index (χ0v) is 17.5. The Hall–Kier alpha value is -3.67. The fourth-order valence-corrected chi connectivity index (χ4v) is 2.77. The van der Waals surface area contributed by atoms with Crippen LogP contribution < -0.4 is 16.4 Å². The molecule has 0 saturated heterocycles. The molecule has 0 fully saturated rings. The molecule has 32 heavy (non-hydrogen) atoms. The first kappa shape index (κ1) is 24.6. The highest BCUT2D eigenvalue weighted by atomic mass is 16.7. The number of carboxylic acids is 1. The molecule has 12 heteroatoms. The van der Waals surface area contributed by atoms with E-state index >= 15 is 0 Å². The number of carbonyl (C=O) groups is 3. The van der Waals surface area contributed by atoms with E-state index in [1.807, 2.05) is 6.92 Å². The molecule has 1 heterocycles. The highest BCUT2D eigenvalue weighted by molar-refractivity contribution is 6.05. The largest absolute Gasteiger partial charge is 0.480 e. The highest BCUT2D eigenvalue weighted by Crippen LogP contribution is 2.20. The van der Waals surface area contributed by atoms with Crippen molar-refractivity contribution >= 4 is 29.5 Å². The maximum atomic E-state index is 12.2. The number of unbranched alkanes of at least 4 members (excludes halogenated alkanes) is 1. The van der Waals surface area contributed by atoms with E-state index < -0.39 is 36.2 Å². The van der Waals surface area contributed by atoms with E-state index in [0.29, 0.717) is 17.5 Å². The summed E-state index contributed by atoms with van der Waals surface area (Å²) in [6, 6.07) is 5.05. The van der Waals surface area contributed by atoms with Gasteiger partial charge in [-0.3, -0.25) is 10.2 Å². The maximum absolute atomic E-state index is 12.2. The molecule has 0 saturated carbocycles. The van der Waals surface area contributed by atoms with Gasteiger partial charge in [-0.05, 0) is 6.42 Å². The topological polar surface area (TPSA) is 196 Å². The number of amides is 2. The van der Waals surface area contributed by atoms with E-state index in [2.05, 4.69) is 15.8 Å². The van der Waals surface area contributed by atoms with E-state index in [4.69, 9.17) is 20.7 Å². The van der Waals surface area contributed by atoms with Gasteiger partial charge in [-0.15, -0.1) is 0 Å². The Morgan fingerprint density at radius 2 is 2.00 bits per heavy atom. The number of nitrogens with two attached hydrogens (primary N) is 1. The molecule has 1 aromatic carbocycles. The number of carbonyl (C=O) groups excluding carboxylic acids is 2. The molecule has 2 amide bonds. The van der Waals surface area contributed by atoms with Crippen LogP contribution in [0.3, 0.4) is 0 Å². The van der Waals surface area contributed by atoms with Crippen LogP contribution >= 0.6 is 0 Å². The van der Waals surface area contributed by atoms with Crippen molar-refractivity contribution in [1.82, 2.24) is 10.6 Å². The Bertz CT molecular complexity index is 872. The van der Waals surface area contributed by atoms with Crippen LogP contribution in [-0.2, 0) is 19.2 Å². The lowest BCUT2D eigenvalue weighted by molar-refractivity contribution is -0.139. The van der Waals surface area contributed by atoms with Gasteiger partial charge in [0.05, 0.1) is 13.0 Å². The van der Waals surface area contributed by atoms with Gasteiger partial charge < -0.3 is 36.2 Å². The van der Waals surface area contributed by atoms with E-state index in [1.54, 1.807) is 24.3 Å². The summed E-state index contributed by atoms with van der Waals surface area (Å²) >= 11 is 0. The predicted molar refractivity (Wildman–Crippen MR) is 113 cm³/mol. The van der Waals surface area contributed by atoms with Gasteiger partial charge >= 0.3 is 12.1 Å². The predicted octanol–water partition coefficient (Wildman–Crippen LogP) is -0.0797. The quantitative estimate of drug-likeness (QED) is 0.153. The molecule has 12 nitrogen and oxygen atoms in total. The highest BCUT2D eigenvalue weighted by Gasteiger charge is 2.35. The number of amidine groups is 1. The van der Waals surface area contributed by atoms with Crippen LogP contribution in [0, 0.1) is 5.41 Å². The summed E-state index contributed by atoms with van der Waals surface area (Å²) in [5.74, 6) is -2.03. The molecule has 0 aromatic heterocycles. The van der Waals surface area contributed by atoms with Crippen molar-refractivity contribution in [1.29, 1.82) is 5.41 Å². The van der Waals surface area contributed by atoms with Crippen molar-refractivity contribution in [2.75, 3.05) is 13.2 Å². The molecule has 1 aromatic rings. The van der Waals surface area contributed by atoms with Gasteiger partial charge in [-0.25, -0.2) is 9.59 Å². The zero-order chi connectivity index (χ0) is 23.7. The van der Waals surface area contributed by atoms with Gasteiger partial charge in [-0.1, -0.05) is 42.8 Å². The van der Waals surface area contributed by atoms with Crippen LogP contribution in [0.15, 0.2) is 29.4 Å². The van der Waals surface area contributed by atoms with Crippen LogP contribution in [0.4, 0.5) is 4.79 Å². The second-order valence-corrected chi connectivity index (χ2v) is 7.09. The van der Waals surface area contributed by atoms with Gasteiger partial charge in [-0.2, -0.15) is 0 Å². The Balaban J connectivity index is 1.84. The number of nitrogens with zero attached hydrogens (tertiary/aromatic N) is 1. The van der Waals surface area contributed by atoms with Crippen LogP contribution in [0.1, 0.15) is 37.3 Å². The third kappa shape index (κ3) is 6.94. The second kappa shape index (κ2) is 11.6. The molecular formula is C20H27N5O7. The molecule has 1 aliphatic rings. The molecule has 7 N–H and O–H groups in total. The summed E-state index contributed by atoms with van der Waals surface area (Å²) in [4.78, 5) is 40.3. The number of aliphatic carboxylic acids is 1. The summed E-state index contributed by atoms with van der Waals surface area (Å²) in [6.45, 7) is 1.71. The van der Waals surface area contributed by atoms with Crippen molar-refractivity contribution in [3.63, 3.8) is 0 Å². The van der Waals surface area contributed by atoms with Gasteiger partial charge in [0, 0.05) is 17.7 Å². The number of aliphatic hydroxyl groups excluding tert-OH is 1.